The van der Waals surface area contributed by atoms with Crippen molar-refractivity contribution in [3.63, 3.8) is 0 Å². The van der Waals surface area contributed by atoms with E-state index in [1.807, 2.05) is 0 Å². The highest BCUT2D eigenvalue weighted by Crippen LogP contribution is 2.08. The Morgan fingerprint density at radius 3 is 2.22 bits per heavy atom. The number of hydrogen-bond acceptors (Lipinski definition) is 3. The Morgan fingerprint density at radius 1 is 1.67 bits per heavy atom. The molecule has 0 unspecified atom stereocenters. The monoisotopic (exact) mass is 132 g/mol. The van der Waals surface area contributed by atoms with Crippen LogP contribution in [0.3, 0.4) is 0 Å². The number of ketones is 1. The van der Waals surface area contributed by atoms with E-state index in [9.17, 15) is 4.79 Å². The fourth-order valence-electron chi connectivity index (χ4n) is 0.367. The molecule has 0 fully saturated rings. The average Bonchev–Trinajstić information content (AvgIpc) is 1.86. The van der Waals surface area contributed by atoms with E-state index in [0.29, 0.717) is 6.42 Å². The molecule has 0 saturated heterocycles. The number of Topliss-reactive ketones (excluding diaryl/α,β-unsaturated/α-hetero) is 1. The van der Waals surface area contributed by atoms with Crippen LogP contribution in [0.25, 0.3) is 0 Å². The Kier molecular flexibility index (Phi) is 2.81. The summed E-state index contributed by atoms with van der Waals surface area (Å²) in [5.74, 6) is -0.523. The van der Waals surface area contributed by atoms with Crippen LogP contribution < -0.4 is 0 Å². The molecule has 0 heterocycles. The normalized spacial score (nSPS) is 16.9. The van der Waals surface area contributed by atoms with E-state index in [1.165, 1.54) is 6.92 Å². The topological polar surface area (TPSA) is 57.5 Å². The molecule has 0 aliphatic rings. The van der Waals surface area contributed by atoms with Crippen molar-refractivity contribution in [2.24, 2.45) is 0 Å². The van der Waals surface area contributed by atoms with Gasteiger partial charge < -0.3 is 10.2 Å². The molecule has 0 aliphatic heterocycles. The number of rotatable bonds is 3. The molecule has 0 aliphatic carbocycles. The van der Waals surface area contributed by atoms with Crippen molar-refractivity contribution in [2.75, 3.05) is 6.61 Å². The van der Waals surface area contributed by atoms with Crippen molar-refractivity contribution in [3.8, 4) is 0 Å². The van der Waals surface area contributed by atoms with Crippen LogP contribution in [0.15, 0.2) is 0 Å². The zero-order valence-electron chi connectivity index (χ0n) is 5.72. The third-order valence-corrected chi connectivity index (χ3v) is 1.43. The van der Waals surface area contributed by atoms with Gasteiger partial charge in [-0.05, 0) is 13.3 Å². The van der Waals surface area contributed by atoms with Gasteiger partial charge in [0.25, 0.3) is 0 Å². The van der Waals surface area contributed by atoms with Crippen LogP contribution in [0.4, 0.5) is 0 Å². The van der Waals surface area contributed by atoms with E-state index in [4.69, 9.17) is 10.2 Å². The van der Waals surface area contributed by atoms with Crippen LogP contribution in [0, 0.1) is 0 Å². The highest BCUT2D eigenvalue weighted by atomic mass is 16.3. The minimum Gasteiger partial charge on any atom is -0.388 e. The molecular weight excluding hydrogens is 120 g/mol. The molecule has 3 nitrogen and oxygen atoms in total. The molecule has 0 saturated carbocycles. The molecule has 2 N–H and O–H groups in total. The van der Waals surface area contributed by atoms with Crippen molar-refractivity contribution in [1.82, 2.24) is 0 Å². The Bertz CT molecular complexity index is 107. The van der Waals surface area contributed by atoms with Gasteiger partial charge in [-0.15, -0.1) is 0 Å². The quantitative estimate of drug-likeness (QED) is 0.554. The van der Waals surface area contributed by atoms with Crippen LogP contribution in [0.2, 0.25) is 0 Å². The third-order valence-electron chi connectivity index (χ3n) is 1.43. The molecule has 0 aromatic carbocycles. The number of carbonyl (C=O) groups excluding carboxylic acids is 1. The molecule has 9 heavy (non-hydrogen) atoms. The molecule has 0 radical (unpaired) electrons. The largest absolute Gasteiger partial charge is 0.388 e. The summed E-state index contributed by atoms with van der Waals surface area (Å²) in [7, 11) is 0. The lowest BCUT2D eigenvalue weighted by Gasteiger charge is -2.17. The SMILES string of the molecule is CC[C@@](C)(O)C(=O)CO. The van der Waals surface area contributed by atoms with Gasteiger partial charge in [-0.1, -0.05) is 6.92 Å². The second kappa shape index (κ2) is 2.94. The Labute approximate surface area is 54.3 Å². The lowest BCUT2D eigenvalue weighted by Crippen LogP contribution is -2.36. The number of hydrogen-bond donors (Lipinski definition) is 2. The standard InChI is InChI=1S/C6H12O3/c1-3-6(2,9)5(8)4-7/h7,9H,3-4H2,1-2H3/t6-/m1/s1. The lowest BCUT2D eigenvalue weighted by atomic mass is 9.99. The molecule has 0 bridgehead atoms. The van der Waals surface area contributed by atoms with Crippen molar-refractivity contribution in [2.45, 2.75) is 25.9 Å². The van der Waals surface area contributed by atoms with Crippen molar-refractivity contribution < 1.29 is 15.0 Å². The number of carbonyl (C=O) groups is 1. The van der Waals surface area contributed by atoms with Crippen LogP contribution in [-0.4, -0.2) is 28.2 Å². The Hall–Kier alpha value is -0.410. The highest BCUT2D eigenvalue weighted by molar-refractivity contribution is 5.87. The van der Waals surface area contributed by atoms with Crippen LogP contribution in [-0.2, 0) is 4.79 Å². The summed E-state index contributed by atoms with van der Waals surface area (Å²) in [5, 5.41) is 17.4. The first-order chi connectivity index (χ1) is 4.04. The first-order valence-electron chi connectivity index (χ1n) is 2.91. The maximum Gasteiger partial charge on any atom is 0.189 e. The van der Waals surface area contributed by atoms with E-state index >= 15 is 0 Å². The van der Waals surface area contributed by atoms with E-state index < -0.39 is 18.0 Å². The molecule has 54 valence electrons. The van der Waals surface area contributed by atoms with Gasteiger partial charge in [0.15, 0.2) is 5.78 Å². The van der Waals surface area contributed by atoms with Gasteiger partial charge in [-0.2, -0.15) is 0 Å². The minimum atomic E-state index is -1.34. The summed E-state index contributed by atoms with van der Waals surface area (Å²) in [6, 6.07) is 0. The molecule has 0 aromatic heterocycles. The smallest absolute Gasteiger partial charge is 0.189 e. The maximum atomic E-state index is 10.6. The third kappa shape index (κ3) is 2.11. The molecule has 3 heteroatoms. The highest BCUT2D eigenvalue weighted by Gasteiger charge is 2.26. The molecular formula is C6H12O3. The fourth-order valence-corrected chi connectivity index (χ4v) is 0.367. The zero-order valence-corrected chi connectivity index (χ0v) is 5.72. The first kappa shape index (κ1) is 8.59. The van der Waals surface area contributed by atoms with E-state index in [2.05, 4.69) is 0 Å². The summed E-state index contributed by atoms with van der Waals surface area (Å²) in [6.45, 7) is 2.50. The van der Waals surface area contributed by atoms with Crippen LogP contribution >= 0.6 is 0 Å². The summed E-state index contributed by atoms with van der Waals surface area (Å²) in [5.41, 5.74) is -1.34. The second-order valence-electron chi connectivity index (χ2n) is 2.21. The second-order valence-corrected chi connectivity index (χ2v) is 2.21. The summed E-state index contributed by atoms with van der Waals surface area (Å²) in [4.78, 5) is 10.6. The first-order valence-corrected chi connectivity index (χ1v) is 2.91. The molecule has 0 spiro atoms. The van der Waals surface area contributed by atoms with Crippen LogP contribution in [0.1, 0.15) is 20.3 Å². The summed E-state index contributed by atoms with van der Waals surface area (Å²) < 4.78 is 0. The Balaban J connectivity index is 3.97. The van der Waals surface area contributed by atoms with Gasteiger partial charge in [-0.25, -0.2) is 0 Å². The summed E-state index contributed by atoms with van der Waals surface area (Å²) in [6.07, 6.45) is 0.340. The molecule has 0 rings (SSSR count). The lowest BCUT2D eigenvalue weighted by molar-refractivity contribution is -0.138. The van der Waals surface area contributed by atoms with Gasteiger partial charge in [0.05, 0.1) is 0 Å². The van der Waals surface area contributed by atoms with Gasteiger partial charge in [0.1, 0.15) is 12.2 Å². The predicted octanol–water partition coefficient (Wildman–Crippen LogP) is -0.291. The van der Waals surface area contributed by atoms with Crippen molar-refractivity contribution in [3.05, 3.63) is 0 Å². The predicted molar refractivity (Wildman–Crippen MR) is 33.0 cm³/mol. The van der Waals surface area contributed by atoms with Crippen LogP contribution in [0.5, 0.6) is 0 Å². The summed E-state index contributed by atoms with van der Waals surface area (Å²) >= 11 is 0. The number of aliphatic hydroxyl groups excluding tert-OH is 1. The van der Waals surface area contributed by atoms with Gasteiger partial charge in [-0.3, -0.25) is 4.79 Å². The fraction of sp³-hybridized carbons (Fsp3) is 0.833. The van der Waals surface area contributed by atoms with Crippen molar-refractivity contribution in [1.29, 1.82) is 0 Å². The van der Waals surface area contributed by atoms with E-state index in [1.54, 1.807) is 6.92 Å². The van der Waals surface area contributed by atoms with Crippen molar-refractivity contribution >= 4 is 5.78 Å². The minimum absolute atomic E-state index is 0.340. The molecule has 0 aromatic rings. The molecule has 0 amide bonds. The van der Waals surface area contributed by atoms with E-state index in [-0.39, 0.29) is 0 Å². The number of aliphatic hydroxyl groups is 2. The van der Waals surface area contributed by atoms with E-state index in [0.717, 1.165) is 0 Å². The Morgan fingerprint density at radius 2 is 2.11 bits per heavy atom. The van der Waals surface area contributed by atoms with Gasteiger partial charge in [0.2, 0.25) is 0 Å². The van der Waals surface area contributed by atoms with Gasteiger partial charge in [0, 0.05) is 0 Å². The zero-order chi connectivity index (χ0) is 7.49. The average molecular weight is 132 g/mol. The molecule has 1 atom stereocenters. The van der Waals surface area contributed by atoms with Gasteiger partial charge >= 0.3 is 0 Å². The maximum absolute atomic E-state index is 10.6.